The molecule has 1 N–H and O–H groups in total. The summed E-state index contributed by atoms with van der Waals surface area (Å²) in [6, 6.07) is 21.6. The van der Waals surface area contributed by atoms with Crippen LogP contribution < -0.4 is 14.9 Å². The summed E-state index contributed by atoms with van der Waals surface area (Å²) in [5.41, 5.74) is 4.86. The third kappa shape index (κ3) is 6.66. The number of aryl methyl sites for hydroxylation is 1. The molecule has 0 radical (unpaired) electrons. The van der Waals surface area contributed by atoms with Crippen LogP contribution >= 0.6 is 0 Å². The molecule has 0 spiro atoms. The number of methoxy groups -OCH3 is 1. The van der Waals surface area contributed by atoms with Crippen LogP contribution in [-0.2, 0) is 21.4 Å². The zero-order chi connectivity index (χ0) is 24.6. The molecule has 0 aliphatic rings. The van der Waals surface area contributed by atoms with Crippen molar-refractivity contribution < 1.29 is 22.7 Å². The van der Waals surface area contributed by atoms with Gasteiger partial charge in [0.2, 0.25) is 10.0 Å². The van der Waals surface area contributed by atoms with Crippen LogP contribution in [0.1, 0.15) is 16.7 Å². The van der Waals surface area contributed by atoms with E-state index >= 15 is 0 Å². The Morgan fingerprint density at radius 1 is 1.06 bits per heavy atom. The van der Waals surface area contributed by atoms with Gasteiger partial charge in [0.1, 0.15) is 18.1 Å². The second-order valence-electron chi connectivity index (χ2n) is 7.53. The van der Waals surface area contributed by atoms with Crippen molar-refractivity contribution in [2.75, 3.05) is 20.7 Å². The highest BCUT2D eigenvalue weighted by atomic mass is 32.2. The Bertz CT molecular complexity index is 1240. The standard InChI is InChI=1S/C25H27N3O5S/c1-19-15-23(13-14-24(19)32-3)34(30,31)28(2)17-25(29)27-26-16-20-9-11-22(12-10-20)33-18-21-7-5-4-6-8-21/h4-16H,17-18H2,1-3H3,(H,27,29)/b26-16-. The molecule has 0 aliphatic carbocycles. The number of rotatable bonds is 10. The Hall–Kier alpha value is -3.69. The third-order valence-electron chi connectivity index (χ3n) is 4.97. The number of ether oxygens (including phenoxy) is 2. The highest BCUT2D eigenvalue weighted by Gasteiger charge is 2.23. The first-order valence-electron chi connectivity index (χ1n) is 10.5. The first-order valence-corrected chi connectivity index (χ1v) is 11.9. The van der Waals surface area contributed by atoms with Crippen LogP contribution in [0.15, 0.2) is 82.8 Å². The number of nitrogens with one attached hydrogen (secondary N) is 1. The lowest BCUT2D eigenvalue weighted by molar-refractivity contribution is -0.121. The van der Waals surface area contributed by atoms with Crippen LogP contribution in [0.2, 0.25) is 0 Å². The second-order valence-corrected chi connectivity index (χ2v) is 9.57. The minimum Gasteiger partial charge on any atom is -0.496 e. The molecule has 3 aromatic carbocycles. The predicted molar refractivity (Wildman–Crippen MR) is 130 cm³/mol. The van der Waals surface area contributed by atoms with Crippen LogP contribution in [0.3, 0.4) is 0 Å². The lowest BCUT2D eigenvalue weighted by atomic mass is 10.2. The average molecular weight is 482 g/mol. The summed E-state index contributed by atoms with van der Waals surface area (Å²) in [6.07, 6.45) is 1.47. The number of hydrogen-bond acceptors (Lipinski definition) is 6. The Labute approximate surface area is 199 Å². The van der Waals surface area contributed by atoms with Gasteiger partial charge in [-0.3, -0.25) is 4.79 Å². The molecular weight excluding hydrogens is 454 g/mol. The largest absolute Gasteiger partial charge is 0.496 e. The maximum atomic E-state index is 12.7. The quantitative estimate of drug-likeness (QED) is 0.354. The summed E-state index contributed by atoms with van der Waals surface area (Å²) in [5.74, 6) is 0.741. The number of nitrogens with zero attached hydrogens (tertiary/aromatic N) is 2. The molecule has 9 heteroatoms. The summed E-state index contributed by atoms with van der Waals surface area (Å²) in [7, 11) is -0.983. The monoisotopic (exact) mass is 481 g/mol. The molecule has 3 aromatic rings. The molecule has 34 heavy (non-hydrogen) atoms. The molecule has 1 amide bonds. The SMILES string of the molecule is COc1ccc(S(=O)(=O)N(C)CC(=O)N/N=C\c2ccc(OCc3ccccc3)cc2)cc1C. The summed E-state index contributed by atoms with van der Waals surface area (Å²) in [6.45, 7) is 1.84. The van der Waals surface area contributed by atoms with Crippen molar-refractivity contribution in [3.63, 3.8) is 0 Å². The number of benzene rings is 3. The molecule has 0 saturated heterocycles. The molecular formula is C25H27N3O5S. The first kappa shape index (κ1) is 24.9. The third-order valence-corrected chi connectivity index (χ3v) is 6.77. The number of carbonyl (C=O) groups excluding carboxylic acids is 1. The van der Waals surface area contributed by atoms with Crippen LogP contribution in [-0.4, -0.2) is 45.5 Å². The minimum atomic E-state index is -3.84. The van der Waals surface area contributed by atoms with Gasteiger partial charge in [0.05, 0.1) is 24.8 Å². The zero-order valence-electron chi connectivity index (χ0n) is 19.3. The van der Waals surface area contributed by atoms with E-state index in [1.165, 1.54) is 32.5 Å². The summed E-state index contributed by atoms with van der Waals surface area (Å²) >= 11 is 0. The zero-order valence-corrected chi connectivity index (χ0v) is 20.1. The molecule has 0 unspecified atom stereocenters. The summed E-state index contributed by atoms with van der Waals surface area (Å²) in [4.78, 5) is 12.3. The van der Waals surface area contributed by atoms with Crippen molar-refractivity contribution in [2.24, 2.45) is 5.10 Å². The fourth-order valence-electron chi connectivity index (χ4n) is 3.08. The van der Waals surface area contributed by atoms with Gasteiger partial charge in [0.25, 0.3) is 5.91 Å². The van der Waals surface area contributed by atoms with Gasteiger partial charge >= 0.3 is 0 Å². The number of hydrazone groups is 1. The fraction of sp³-hybridized carbons (Fsp3) is 0.200. The molecule has 0 aromatic heterocycles. The Kier molecular flexibility index (Phi) is 8.39. The van der Waals surface area contributed by atoms with E-state index in [1.54, 1.807) is 25.1 Å². The van der Waals surface area contributed by atoms with Crippen LogP contribution in [0.5, 0.6) is 11.5 Å². The van der Waals surface area contributed by atoms with Gasteiger partial charge < -0.3 is 9.47 Å². The number of amides is 1. The first-order chi connectivity index (χ1) is 16.3. The summed E-state index contributed by atoms with van der Waals surface area (Å²) < 4.78 is 37.4. The van der Waals surface area contributed by atoms with Crippen LogP contribution in [0, 0.1) is 6.92 Å². The lowest BCUT2D eigenvalue weighted by Crippen LogP contribution is -2.36. The van der Waals surface area contributed by atoms with E-state index in [-0.39, 0.29) is 11.4 Å². The topological polar surface area (TPSA) is 97.3 Å². The molecule has 178 valence electrons. The number of hydrogen-bond donors (Lipinski definition) is 1. The molecule has 8 nitrogen and oxygen atoms in total. The average Bonchev–Trinajstić information content (AvgIpc) is 2.84. The smallest absolute Gasteiger partial charge is 0.255 e. The maximum absolute atomic E-state index is 12.7. The van der Waals surface area contributed by atoms with Crippen LogP contribution in [0.25, 0.3) is 0 Å². The Morgan fingerprint density at radius 3 is 2.41 bits per heavy atom. The Morgan fingerprint density at radius 2 is 1.76 bits per heavy atom. The molecule has 0 saturated carbocycles. The van der Waals surface area contributed by atoms with Gasteiger partial charge in [-0.15, -0.1) is 0 Å². The molecule has 0 bridgehead atoms. The number of likely N-dealkylation sites (N-methyl/N-ethyl adjacent to an activating group) is 1. The second kappa shape index (κ2) is 11.4. The number of carbonyl (C=O) groups is 1. The molecule has 0 fully saturated rings. The van der Waals surface area contributed by atoms with Crippen molar-refractivity contribution in [3.8, 4) is 11.5 Å². The van der Waals surface area contributed by atoms with Crippen molar-refractivity contribution in [3.05, 3.63) is 89.5 Å². The highest BCUT2D eigenvalue weighted by Crippen LogP contribution is 2.23. The molecule has 0 aliphatic heterocycles. The predicted octanol–water partition coefficient (Wildman–Crippen LogP) is 3.35. The van der Waals surface area contributed by atoms with Gasteiger partial charge in [-0.2, -0.15) is 9.41 Å². The highest BCUT2D eigenvalue weighted by molar-refractivity contribution is 7.89. The van der Waals surface area contributed by atoms with Gasteiger partial charge in [0, 0.05) is 7.05 Å². The maximum Gasteiger partial charge on any atom is 0.255 e. The minimum absolute atomic E-state index is 0.0826. The molecule has 3 rings (SSSR count). The van der Waals surface area contributed by atoms with Gasteiger partial charge in [-0.25, -0.2) is 13.8 Å². The van der Waals surface area contributed by atoms with E-state index in [1.807, 2.05) is 42.5 Å². The van der Waals surface area contributed by atoms with Crippen molar-refractivity contribution in [2.45, 2.75) is 18.4 Å². The Balaban J connectivity index is 1.50. The van der Waals surface area contributed by atoms with E-state index < -0.39 is 15.9 Å². The lowest BCUT2D eigenvalue weighted by Gasteiger charge is -2.17. The molecule has 0 atom stereocenters. The van der Waals surface area contributed by atoms with Gasteiger partial charge in [-0.05, 0) is 66.1 Å². The molecule has 0 heterocycles. The van der Waals surface area contributed by atoms with Gasteiger partial charge in [0.15, 0.2) is 0 Å². The van der Waals surface area contributed by atoms with E-state index in [0.717, 1.165) is 15.4 Å². The van der Waals surface area contributed by atoms with Crippen molar-refractivity contribution in [1.82, 2.24) is 9.73 Å². The number of sulfonamides is 1. The van der Waals surface area contributed by atoms with Gasteiger partial charge in [-0.1, -0.05) is 30.3 Å². The normalized spacial score (nSPS) is 11.5. The van der Waals surface area contributed by atoms with Crippen LogP contribution in [0.4, 0.5) is 0 Å². The fourth-order valence-corrected chi connectivity index (χ4v) is 4.30. The summed E-state index contributed by atoms with van der Waals surface area (Å²) in [5, 5.41) is 3.91. The van der Waals surface area contributed by atoms with Crippen molar-refractivity contribution in [1.29, 1.82) is 0 Å². The van der Waals surface area contributed by atoms with E-state index in [0.29, 0.717) is 23.7 Å². The van der Waals surface area contributed by atoms with E-state index in [2.05, 4.69) is 10.5 Å². The van der Waals surface area contributed by atoms with E-state index in [4.69, 9.17) is 9.47 Å². The van der Waals surface area contributed by atoms with E-state index in [9.17, 15) is 13.2 Å². The van der Waals surface area contributed by atoms with Crippen molar-refractivity contribution >= 4 is 22.1 Å².